The minimum atomic E-state index is -0.362. The molecule has 1 atom stereocenters. The highest BCUT2D eigenvalue weighted by Gasteiger charge is 2.09. The highest BCUT2D eigenvalue weighted by atomic mass is 16.5. The molecule has 0 aliphatic rings. The monoisotopic (exact) mass is 293 g/mol. The van der Waals surface area contributed by atoms with Crippen LogP contribution in [0.1, 0.15) is 30.5 Å². The van der Waals surface area contributed by atoms with Crippen LogP contribution in [-0.4, -0.2) is 6.23 Å². The van der Waals surface area contributed by atoms with E-state index in [1.165, 1.54) is 11.1 Å². The Labute approximate surface area is 132 Å². The highest BCUT2D eigenvalue weighted by molar-refractivity contribution is 5.59. The lowest BCUT2D eigenvalue weighted by molar-refractivity contribution is 0.173. The van der Waals surface area contributed by atoms with Crippen LogP contribution in [0.3, 0.4) is 0 Å². The SMILES string of the molecule is C/C=C(\O[C@@H](N)Cc1ccc(/C=C/C)cc1)c1ccccc1. The molecule has 0 fully saturated rings. The number of ether oxygens (including phenoxy) is 1. The van der Waals surface area contributed by atoms with Gasteiger partial charge in [-0.3, -0.25) is 5.73 Å². The van der Waals surface area contributed by atoms with Crippen molar-refractivity contribution in [2.75, 3.05) is 0 Å². The van der Waals surface area contributed by atoms with Gasteiger partial charge in [-0.25, -0.2) is 0 Å². The second kappa shape index (κ2) is 8.20. The van der Waals surface area contributed by atoms with Crippen molar-refractivity contribution in [2.24, 2.45) is 5.73 Å². The van der Waals surface area contributed by atoms with Crippen molar-refractivity contribution >= 4 is 11.8 Å². The van der Waals surface area contributed by atoms with Crippen LogP contribution < -0.4 is 5.73 Å². The first kappa shape index (κ1) is 16.1. The van der Waals surface area contributed by atoms with Crippen LogP contribution in [-0.2, 0) is 11.2 Å². The van der Waals surface area contributed by atoms with Gasteiger partial charge in [-0.15, -0.1) is 0 Å². The summed E-state index contributed by atoms with van der Waals surface area (Å²) in [5.74, 6) is 0.818. The number of hydrogen-bond acceptors (Lipinski definition) is 2. The second-order valence-corrected chi connectivity index (χ2v) is 5.12. The fraction of sp³-hybridized carbons (Fsp3) is 0.200. The molecule has 0 aromatic heterocycles. The molecule has 2 aromatic carbocycles. The van der Waals surface area contributed by atoms with Crippen LogP contribution in [0.2, 0.25) is 0 Å². The van der Waals surface area contributed by atoms with E-state index < -0.39 is 0 Å². The summed E-state index contributed by atoms with van der Waals surface area (Å²) in [5.41, 5.74) is 9.55. The second-order valence-electron chi connectivity index (χ2n) is 5.12. The maximum Gasteiger partial charge on any atom is 0.151 e. The molecule has 114 valence electrons. The fourth-order valence-electron chi connectivity index (χ4n) is 2.30. The third-order valence-electron chi connectivity index (χ3n) is 3.37. The predicted octanol–water partition coefficient (Wildman–Crippen LogP) is 4.62. The summed E-state index contributed by atoms with van der Waals surface area (Å²) in [6, 6.07) is 18.4. The van der Waals surface area contributed by atoms with Crippen molar-refractivity contribution in [3.63, 3.8) is 0 Å². The number of nitrogens with two attached hydrogens (primary N) is 1. The van der Waals surface area contributed by atoms with E-state index in [0.29, 0.717) is 6.42 Å². The summed E-state index contributed by atoms with van der Waals surface area (Å²) in [5, 5.41) is 0. The molecule has 0 heterocycles. The smallest absolute Gasteiger partial charge is 0.151 e. The number of hydrogen-bond donors (Lipinski definition) is 1. The summed E-state index contributed by atoms with van der Waals surface area (Å²) in [4.78, 5) is 0. The van der Waals surface area contributed by atoms with Gasteiger partial charge in [0, 0.05) is 12.0 Å². The van der Waals surface area contributed by atoms with E-state index in [9.17, 15) is 0 Å². The van der Waals surface area contributed by atoms with Crippen molar-refractivity contribution in [1.82, 2.24) is 0 Å². The Morgan fingerprint density at radius 2 is 1.73 bits per heavy atom. The first-order chi connectivity index (χ1) is 10.7. The van der Waals surface area contributed by atoms with E-state index in [4.69, 9.17) is 10.5 Å². The molecule has 2 rings (SSSR count). The Kier molecular flexibility index (Phi) is 5.99. The average Bonchev–Trinajstić information content (AvgIpc) is 2.55. The normalized spacial score (nSPS) is 13.3. The molecule has 0 radical (unpaired) electrons. The first-order valence-corrected chi connectivity index (χ1v) is 7.58. The molecule has 2 aromatic rings. The number of allylic oxidation sites excluding steroid dienone is 2. The summed E-state index contributed by atoms with van der Waals surface area (Å²) in [6.07, 6.45) is 6.37. The zero-order valence-corrected chi connectivity index (χ0v) is 13.2. The molecular weight excluding hydrogens is 270 g/mol. The molecule has 2 N–H and O–H groups in total. The largest absolute Gasteiger partial charge is 0.475 e. The molecule has 0 saturated carbocycles. The Morgan fingerprint density at radius 1 is 1.05 bits per heavy atom. The van der Waals surface area contributed by atoms with Gasteiger partial charge in [0.05, 0.1) is 0 Å². The quantitative estimate of drug-likeness (QED) is 0.623. The zero-order valence-electron chi connectivity index (χ0n) is 13.2. The minimum absolute atomic E-state index is 0.362. The van der Waals surface area contributed by atoms with Gasteiger partial charge < -0.3 is 4.74 Å². The van der Waals surface area contributed by atoms with Crippen LogP contribution in [0, 0.1) is 0 Å². The van der Waals surface area contributed by atoms with Gasteiger partial charge in [0.15, 0.2) is 6.23 Å². The molecule has 22 heavy (non-hydrogen) atoms. The molecule has 2 heteroatoms. The van der Waals surface area contributed by atoms with Crippen LogP contribution in [0.5, 0.6) is 0 Å². The lowest BCUT2D eigenvalue weighted by atomic mass is 10.1. The van der Waals surface area contributed by atoms with Crippen molar-refractivity contribution in [2.45, 2.75) is 26.5 Å². The van der Waals surface area contributed by atoms with E-state index in [1.807, 2.05) is 56.3 Å². The average molecular weight is 293 g/mol. The Morgan fingerprint density at radius 3 is 2.32 bits per heavy atom. The molecule has 0 saturated heterocycles. The highest BCUT2D eigenvalue weighted by Crippen LogP contribution is 2.18. The maximum atomic E-state index is 6.14. The molecular formula is C20H23NO. The van der Waals surface area contributed by atoms with E-state index in [2.05, 4.69) is 30.3 Å². The van der Waals surface area contributed by atoms with Gasteiger partial charge >= 0.3 is 0 Å². The summed E-state index contributed by atoms with van der Waals surface area (Å²) >= 11 is 0. The third-order valence-corrected chi connectivity index (χ3v) is 3.37. The van der Waals surface area contributed by atoms with Gasteiger partial charge in [0.1, 0.15) is 5.76 Å². The van der Waals surface area contributed by atoms with E-state index in [0.717, 1.165) is 11.3 Å². The standard InChI is InChI=1S/C20H23NO/c1-3-8-16-11-13-17(14-12-16)15-20(21)22-19(4-2)18-9-6-5-7-10-18/h3-14,20H,15,21H2,1-2H3/b8-3+,19-4-/t20-/m1/s1. The molecule has 0 aliphatic carbocycles. The Balaban J connectivity index is 1.98. The Bertz CT molecular complexity index is 627. The lowest BCUT2D eigenvalue weighted by Crippen LogP contribution is -2.25. The van der Waals surface area contributed by atoms with Gasteiger partial charge in [0.2, 0.25) is 0 Å². The van der Waals surface area contributed by atoms with Crippen molar-refractivity contribution < 1.29 is 4.74 Å². The lowest BCUT2D eigenvalue weighted by Gasteiger charge is -2.17. The van der Waals surface area contributed by atoms with Gasteiger partial charge in [0.25, 0.3) is 0 Å². The number of rotatable bonds is 6. The Hall–Kier alpha value is -2.32. The van der Waals surface area contributed by atoms with E-state index >= 15 is 0 Å². The zero-order chi connectivity index (χ0) is 15.8. The van der Waals surface area contributed by atoms with Gasteiger partial charge in [-0.1, -0.05) is 66.7 Å². The number of benzene rings is 2. The molecule has 0 spiro atoms. The molecule has 0 amide bonds. The van der Waals surface area contributed by atoms with Crippen LogP contribution in [0.4, 0.5) is 0 Å². The van der Waals surface area contributed by atoms with E-state index in [-0.39, 0.29) is 6.23 Å². The first-order valence-electron chi connectivity index (χ1n) is 7.58. The summed E-state index contributed by atoms with van der Waals surface area (Å²) < 4.78 is 5.89. The fourth-order valence-corrected chi connectivity index (χ4v) is 2.30. The van der Waals surface area contributed by atoms with E-state index in [1.54, 1.807) is 0 Å². The van der Waals surface area contributed by atoms with Crippen LogP contribution in [0.15, 0.2) is 66.7 Å². The van der Waals surface area contributed by atoms with Crippen molar-refractivity contribution in [3.05, 3.63) is 83.4 Å². The summed E-state index contributed by atoms with van der Waals surface area (Å²) in [7, 11) is 0. The molecule has 0 bridgehead atoms. The molecule has 0 unspecified atom stereocenters. The summed E-state index contributed by atoms with van der Waals surface area (Å²) in [6.45, 7) is 3.97. The maximum absolute atomic E-state index is 6.14. The van der Waals surface area contributed by atoms with Gasteiger partial charge in [-0.2, -0.15) is 0 Å². The molecule has 0 aliphatic heterocycles. The topological polar surface area (TPSA) is 35.2 Å². The van der Waals surface area contributed by atoms with Gasteiger partial charge in [-0.05, 0) is 31.1 Å². The third kappa shape index (κ3) is 4.61. The minimum Gasteiger partial charge on any atom is -0.475 e. The van der Waals surface area contributed by atoms with Crippen LogP contribution in [0.25, 0.3) is 11.8 Å². The van der Waals surface area contributed by atoms with Crippen molar-refractivity contribution in [1.29, 1.82) is 0 Å². The molecule has 2 nitrogen and oxygen atoms in total. The van der Waals surface area contributed by atoms with Crippen molar-refractivity contribution in [3.8, 4) is 0 Å². The predicted molar refractivity (Wildman–Crippen MR) is 94.0 cm³/mol. The van der Waals surface area contributed by atoms with Crippen LogP contribution >= 0.6 is 0 Å².